The van der Waals surface area contributed by atoms with Crippen LogP contribution < -0.4 is 4.90 Å². The molecule has 1 aromatic carbocycles. The second-order valence-electron chi connectivity index (χ2n) is 5.32. The van der Waals surface area contributed by atoms with E-state index in [2.05, 4.69) is 20.1 Å². The molecule has 0 spiro atoms. The number of imidazole rings is 1. The number of nitrogens with zero attached hydrogens (tertiary/aromatic N) is 5. The number of aliphatic hydroxyl groups excluding tert-OH is 1. The summed E-state index contributed by atoms with van der Waals surface area (Å²) in [5.41, 5.74) is 1.33. The Hall–Kier alpha value is -2.38. The quantitative estimate of drug-likeness (QED) is 0.711. The van der Waals surface area contributed by atoms with Gasteiger partial charge in [0.1, 0.15) is 5.75 Å². The molecule has 1 fully saturated rings. The predicted octanol–water partition coefficient (Wildman–Crippen LogP) is 3.39. The molecule has 0 unspecified atom stereocenters. The number of anilines is 1. The highest BCUT2D eigenvalue weighted by molar-refractivity contribution is 6.30. The molecule has 3 heterocycles. The SMILES string of the molecule is CC.CO.Oc1cc(Cl)ccc1-c1nnc(N2CCCC2)c2nccn12. The van der Waals surface area contributed by atoms with E-state index >= 15 is 0 Å². The Bertz CT molecular complexity index is 847. The minimum atomic E-state index is 0.0747. The van der Waals surface area contributed by atoms with Crippen molar-refractivity contribution in [3.05, 3.63) is 35.6 Å². The van der Waals surface area contributed by atoms with Crippen molar-refractivity contribution in [2.24, 2.45) is 0 Å². The van der Waals surface area contributed by atoms with Gasteiger partial charge in [-0.1, -0.05) is 25.4 Å². The van der Waals surface area contributed by atoms with Crippen LogP contribution in [0.5, 0.6) is 5.75 Å². The largest absolute Gasteiger partial charge is 0.507 e. The number of hydrogen-bond donors (Lipinski definition) is 2. The van der Waals surface area contributed by atoms with E-state index in [1.165, 1.54) is 6.07 Å². The van der Waals surface area contributed by atoms with E-state index < -0.39 is 0 Å². The van der Waals surface area contributed by atoms with E-state index in [1.807, 2.05) is 24.4 Å². The summed E-state index contributed by atoms with van der Waals surface area (Å²) in [5.74, 6) is 1.41. The first-order valence-corrected chi connectivity index (χ1v) is 9.00. The van der Waals surface area contributed by atoms with Gasteiger partial charge in [0, 0.05) is 37.6 Å². The van der Waals surface area contributed by atoms with Crippen molar-refractivity contribution in [3.63, 3.8) is 0 Å². The summed E-state index contributed by atoms with van der Waals surface area (Å²) in [7, 11) is 1.00. The average molecular weight is 378 g/mol. The van der Waals surface area contributed by atoms with Crippen LogP contribution in [0.3, 0.4) is 0 Å². The van der Waals surface area contributed by atoms with Crippen LogP contribution in [0, 0.1) is 0 Å². The van der Waals surface area contributed by atoms with Gasteiger partial charge in [-0.2, -0.15) is 0 Å². The summed E-state index contributed by atoms with van der Waals surface area (Å²) in [5, 5.41) is 26.3. The second-order valence-corrected chi connectivity index (χ2v) is 5.76. The Morgan fingerprint density at radius 3 is 2.42 bits per heavy atom. The van der Waals surface area contributed by atoms with Gasteiger partial charge < -0.3 is 15.1 Å². The second kappa shape index (κ2) is 9.35. The maximum atomic E-state index is 10.1. The average Bonchev–Trinajstić information content (AvgIpc) is 3.37. The topological polar surface area (TPSA) is 86.8 Å². The maximum Gasteiger partial charge on any atom is 0.195 e. The summed E-state index contributed by atoms with van der Waals surface area (Å²) in [6.45, 7) is 5.95. The summed E-state index contributed by atoms with van der Waals surface area (Å²) >= 11 is 5.89. The molecule has 0 saturated carbocycles. The van der Waals surface area contributed by atoms with Crippen LogP contribution in [-0.2, 0) is 0 Å². The first-order chi connectivity index (χ1) is 12.7. The molecule has 1 aliphatic rings. The molecule has 0 radical (unpaired) electrons. The highest BCUT2D eigenvalue weighted by Crippen LogP contribution is 2.32. The van der Waals surface area contributed by atoms with Crippen molar-refractivity contribution < 1.29 is 10.2 Å². The summed E-state index contributed by atoms with van der Waals surface area (Å²) in [6, 6.07) is 4.95. The first kappa shape index (κ1) is 19.9. The monoisotopic (exact) mass is 377 g/mol. The van der Waals surface area contributed by atoms with Gasteiger partial charge in [-0.05, 0) is 31.0 Å². The molecule has 8 heteroatoms. The van der Waals surface area contributed by atoms with Gasteiger partial charge in [0.05, 0.1) is 5.56 Å². The highest BCUT2D eigenvalue weighted by Gasteiger charge is 2.20. The Morgan fingerprint density at radius 1 is 1.08 bits per heavy atom. The zero-order chi connectivity index (χ0) is 19.1. The van der Waals surface area contributed by atoms with Crippen LogP contribution in [0.4, 0.5) is 5.82 Å². The molecule has 26 heavy (non-hydrogen) atoms. The standard InChI is InChI=1S/C15H14ClN5O.C2H6.CH4O/c16-10-3-4-11(12(22)9-10)13-18-19-15(20-6-1-2-7-20)14-17-5-8-21(13)14;2*1-2/h3-5,8-9,22H,1-2,6-7H2;1-2H3;2H,1H3. The molecule has 7 nitrogen and oxygen atoms in total. The lowest BCUT2D eigenvalue weighted by atomic mass is 10.2. The van der Waals surface area contributed by atoms with E-state index in [9.17, 15) is 5.11 Å². The molecule has 4 rings (SSSR count). The van der Waals surface area contributed by atoms with Gasteiger partial charge in [-0.3, -0.25) is 4.40 Å². The third-order valence-electron chi connectivity index (χ3n) is 3.91. The third kappa shape index (κ3) is 3.89. The predicted molar refractivity (Wildman–Crippen MR) is 104 cm³/mol. The van der Waals surface area contributed by atoms with Gasteiger partial charge in [0.2, 0.25) is 0 Å². The molecule has 0 bridgehead atoms. The lowest BCUT2D eigenvalue weighted by Gasteiger charge is -2.17. The van der Waals surface area contributed by atoms with Gasteiger partial charge in [0.15, 0.2) is 17.3 Å². The van der Waals surface area contributed by atoms with E-state index in [4.69, 9.17) is 16.7 Å². The van der Waals surface area contributed by atoms with E-state index in [0.29, 0.717) is 16.4 Å². The summed E-state index contributed by atoms with van der Waals surface area (Å²) < 4.78 is 1.85. The van der Waals surface area contributed by atoms with Gasteiger partial charge >= 0.3 is 0 Å². The van der Waals surface area contributed by atoms with Crippen molar-refractivity contribution in [2.75, 3.05) is 25.1 Å². The Kier molecular flexibility index (Phi) is 7.17. The Morgan fingerprint density at radius 2 is 1.77 bits per heavy atom. The van der Waals surface area contributed by atoms with E-state index in [0.717, 1.165) is 44.5 Å². The number of hydrogen-bond acceptors (Lipinski definition) is 6. The number of halogens is 1. The highest BCUT2D eigenvalue weighted by atomic mass is 35.5. The molecule has 0 aliphatic carbocycles. The van der Waals surface area contributed by atoms with Crippen LogP contribution >= 0.6 is 11.6 Å². The fourth-order valence-corrected chi connectivity index (χ4v) is 3.00. The molecule has 1 saturated heterocycles. The van der Waals surface area contributed by atoms with E-state index in [1.54, 1.807) is 18.3 Å². The fourth-order valence-electron chi connectivity index (χ4n) is 2.84. The van der Waals surface area contributed by atoms with E-state index in [-0.39, 0.29) is 5.75 Å². The molecule has 2 N–H and O–H groups in total. The number of phenolic OH excluding ortho intramolecular Hbond substituents is 1. The number of rotatable bonds is 2. The molecular formula is C18H24ClN5O2. The molecular weight excluding hydrogens is 354 g/mol. The van der Waals surface area contributed by atoms with Crippen LogP contribution in [0.1, 0.15) is 26.7 Å². The number of aromatic hydroxyl groups is 1. The first-order valence-electron chi connectivity index (χ1n) is 8.62. The van der Waals surface area contributed by atoms with Crippen LogP contribution in [-0.4, -0.2) is 50.0 Å². The minimum Gasteiger partial charge on any atom is -0.507 e. The summed E-state index contributed by atoms with van der Waals surface area (Å²) in [4.78, 5) is 6.60. The third-order valence-corrected chi connectivity index (χ3v) is 4.15. The van der Waals surface area contributed by atoms with Crippen molar-refractivity contribution in [1.29, 1.82) is 0 Å². The lowest BCUT2D eigenvalue weighted by Crippen LogP contribution is -2.21. The fraction of sp³-hybridized carbons (Fsp3) is 0.389. The molecule has 0 amide bonds. The molecule has 1 aliphatic heterocycles. The number of phenols is 1. The van der Waals surface area contributed by atoms with Gasteiger partial charge in [-0.25, -0.2) is 4.98 Å². The Balaban J connectivity index is 0.000000570. The maximum absolute atomic E-state index is 10.1. The number of aromatic nitrogens is 4. The number of aliphatic hydroxyl groups is 1. The number of fused-ring (bicyclic) bond motifs is 1. The van der Waals surface area contributed by atoms with Crippen LogP contribution in [0.25, 0.3) is 17.0 Å². The van der Waals surface area contributed by atoms with Crippen LogP contribution in [0.2, 0.25) is 5.02 Å². The lowest BCUT2D eigenvalue weighted by molar-refractivity contribution is 0.399. The van der Waals surface area contributed by atoms with Crippen molar-refractivity contribution in [2.45, 2.75) is 26.7 Å². The van der Waals surface area contributed by atoms with Crippen molar-refractivity contribution in [1.82, 2.24) is 19.6 Å². The minimum absolute atomic E-state index is 0.0747. The number of benzene rings is 1. The van der Waals surface area contributed by atoms with Gasteiger partial charge in [-0.15, -0.1) is 10.2 Å². The molecule has 0 atom stereocenters. The smallest absolute Gasteiger partial charge is 0.195 e. The van der Waals surface area contributed by atoms with Crippen molar-refractivity contribution in [3.8, 4) is 17.1 Å². The normalized spacial score (nSPS) is 13.0. The molecule has 140 valence electrons. The zero-order valence-electron chi connectivity index (χ0n) is 15.2. The van der Waals surface area contributed by atoms with Crippen LogP contribution in [0.15, 0.2) is 30.6 Å². The molecule has 2 aromatic heterocycles. The summed E-state index contributed by atoms with van der Waals surface area (Å²) in [6.07, 6.45) is 5.87. The van der Waals surface area contributed by atoms with Crippen molar-refractivity contribution >= 4 is 23.1 Å². The zero-order valence-corrected chi connectivity index (χ0v) is 16.0. The van der Waals surface area contributed by atoms with Gasteiger partial charge in [0.25, 0.3) is 0 Å². The Labute approximate surface area is 157 Å². The molecule has 3 aromatic rings.